The van der Waals surface area contributed by atoms with Gasteiger partial charge in [-0.3, -0.25) is 9.68 Å². The predicted octanol–water partition coefficient (Wildman–Crippen LogP) is 1.87. The Morgan fingerprint density at radius 2 is 1.79 bits per heavy atom. The van der Waals surface area contributed by atoms with Crippen LogP contribution in [0.3, 0.4) is 0 Å². The normalized spacial score (nSPS) is 13.5. The smallest absolute Gasteiger partial charge is 0.299 e. The number of carbonyl (C=O) groups excluding carboxylic acids is 2. The number of Topliss-reactive ketones (excluding diaryl/α,β-unsaturated/α-hetero) is 1. The number of ketones is 1. The molecule has 82 valence electrons. The van der Waals surface area contributed by atoms with Crippen LogP contribution in [0.15, 0.2) is 0 Å². The van der Waals surface area contributed by atoms with Crippen LogP contribution >= 0.6 is 0 Å². The van der Waals surface area contributed by atoms with E-state index in [1.807, 2.05) is 0 Å². The van der Waals surface area contributed by atoms with Gasteiger partial charge >= 0.3 is 5.97 Å². The minimum Gasteiger partial charge on any atom is -0.299 e. The van der Waals surface area contributed by atoms with Crippen LogP contribution in [-0.2, 0) is 19.4 Å². The highest BCUT2D eigenvalue weighted by Crippen LogP contribution is 2.12. The van der Waals surface area contributed by atoms with Crippen molar-refractivity contribution in [1.29, 1.82) is 0 Å². The van der Waals surface area contributed by atoms with Crippen molar-refractivity contribution in [2.75, 3.05) is 0 Å². The molecule has 0 aromatic rings. The Balaban J connectivity index is 4.13. The van der Waals surface area contributed by atoms with E-state index in [2.05, 4.69) is 4.89 Å². The van der Waals surface area contributed by atoms with Crippen LogP contribution in [-0.4, -0.2) is 17.4 Å². The monoisotopic (exact) mass is 202 g/mol. The van der Waals surface area contributed by atoms with Gasteiger partial charge in [0, 0.05) is 0 Å². The second-order valence-electron chi connectivity index (χ2n) is 4.17. The van der Waals surface area contributed by atoms with E-state index in [1.54, 1.807) is 27.7 Å². The first-order valence-electron chi connectivity index (χ1n) is 4.68. The minimum atomic E-state index is -0.711. The molecule has 0 rings (SSSR count). The summed E-state index contributed by atoms with van der Waals surface area (Å²) in [6.07, 6.45) is 0.432. The zero-order valence-electron chi connectivity index (χ0n) is 9.42. The molecule has 0 fully saturated rings. The molecule has 1 unspecified atom stereocenters. The quantitative estimate of drug-likeness (QED) is 0.397. The second kappa shape index (κ2) is 5.10. The van der Waals surface area contributed by atoms with Crippen LogP contribution in [0.1, 0.15) is 41.0 Å². The zero-order valence-corrected chi connectivity index (χ0v) is 9.42. The van der Waals surface area contributed by atoms with Crippen molar-refractivity contribution in [2.45, 2.75) is 46.6 Å². The Kier molecular flexibility index (Phi) is 4.77. The molecule has 4 nitrogen and oxygen atoms in total. The Morgan fingerprint density at radius 3 is 2.07 bits per heavy atom. The fourth-order valence-corrected chi connectivity index (χ4v) is 0.844. The van der Waals surface area contributed by atoms with Crippen LogP contribution < -0.4 is 0 Å². The molecule has 0 aromatic carbocycles. The highest BCUT2D eigenvalue weighted by Gasteiger charge is 2.25. The SMILES string of the molecule is CCC(C(C)=O)C(=O)OOC(C)(C)C. The minimum absolute atomic E-state index is 0.199. The summed E-state index contributed by atoms with van der Waals surface area (Å²) in [6.45, 7) is 8.40. The lowest BCUT2D eigenvalue weighted by Gasteiger charge is -2.18. The van der Waals surface area contributed by atoms with Crippen molar-refractivity contribution in [3.63, 3.8) is 0 Å². The highest BCUT2D eigenvalue weighted by atomic mass is 17.2. The third-order valence-electron chi connectivity index (χ3n) is 1.56. The summed E-state index contributed by atoms with van der Waals surface area (Å²) in [6, 6.07) is 0. The number of hydrogen-bond acceptors (Lipinski definition) is 4. The van der Waals surface area contributed by atoms with Gasteiger partial charge in [0.15, 0.2) is 0 Å². The fraction of sp³-hybridized carbons (Fsp3) is 0.800. The number of carbonyl (C=O) groups is 2. The van der Waals surface area contributed by atoms with Gasteiger partial charge < -0.3 is 0 Å². The summed E-state index contributed by atoms with van der Waals surface area (Å²) in [5, 5.41) is 0. The van der Waals surface area contributed by atoms with Crippen LogP contribution in [0.2, 0.25) is 0 Å². The van der Waals surface area contributed by atoms with Crippen molar-refractivity contribution in [3.8, 4) is 0 Å². The third kappa shape index (κ3) is 4.97. The fourth-order valence-electron chi connectivity index (χ4n) is 0.844. The van der Waals surface area contributed by atoms with E-state index >= 15 is 0 Å². The van der Waals surface area contributed by atoms with Crippen LogP contribution in [0, 0.1) is 5.92 Å². The summed E-state index contributed by atoms with van der Waals surface area (Å²) in [4.78, 5) is 31.7. The molecular formula is C10H18O4. The van der Waals surface area contributed by atoms with E-state index in [0.29, 0.717) is 6.42 Å². The molecule has 0 aliphatic carbocycles. The highest BCUT2D eigenvalue weighted by molar-refractivity contribution is 5.97. The van der Waals surface area contributed by atoms with E-state index in [1.165, 1.54) is 6.92 Å². The average molecular weight is 202 g/mol. The van der Waals surface area contributed by atoms with Gasteiger partial charge in [0.25, 0.3) is 0 Å². The van der Waals surface area contributed by atoms with E-state index in [4.69, 9.17) is 4.89 Å². The Morgan fingerprint density at radius 1 is 1.29 bits per heavy atom. The average Bonchev–Trinajstić information content (AvgIpc) is 2.00. The Hall–Kier alpha value is -0.900. The molecule has 0 N–H and O–H groups in total. The summed E-state index contributed by atoms with van der Waals surface area (Å²) in [5.74, 6) is -1.53. The topological polar surface area (TPSA) is 52.6 Å². The van der Waals surface area contributed by atoms with Crippen molar-refractivity contribution in [1.82, 2.24) is 0 Å². The standard InChI is InChI=1S/C10H18O4/c1-6-8(7(2)11)9(12)13-14-10(3,4)5/h8H,6H2,1-5H3. The van der Waals surface area contributed by atoms with E-state index < -0.39 is 17.5 Å². The molecule has 1 atom stereocenters. The largest absolute Gasteiger partial charge is 0.352 e. The first-order valence-corrected chi connectivity index (χ1v) is 4.68. The van der Waals surface area contributed by atoms with Gasteiger partial charge in [0.05, 0.1) is 0 Å². The molecular weight excluding hydrogens is 184 g/mol. The number of rotatable bonds is 4. The maximum atomic E-state index is 11.3. The zero-order chi connectivity index (χ0) is 11.4. The van der Waals surface area contributed by atoms with Crippen LogP contribution in [0.4, 0.5) is 0 Å². The molecule has 0 amide bonds. The first-order chi connectivity index (χ1) is 6.28. The second-order valence-corrected chi connectivity index (χ2v) is 4.17. The molecule has 0 aromatic heterocycles. The molecule has 0 aliphatic heterocycles. The molecule has 0 saturated heterocycles. The van der Waals surface area contributed by atoms with Crippen molar-refractivity contribution in [2.24, 2.45) is 5.92 Å². The van der Waals surface area contributed by atoms with Gasteiger partial charge in [-0.1, -0.05) is 6.92 Å². The van der Waals surface area contributed by atoms with Gasteiger partial charge in [-0.05, 0) is 34.1 Å². The van der Waals surface area contributed by atoms with E-state index in [-0.39, 0.29) is 5.78 Å². The van der Waals surface area contributed by atoms with Crippen molar-refractivity contribution < 1.29 is 19.4 Å². The number of hydrogen-bond donors (Lipinski definition) is 0. The van der Waals surface area contributed by atoms with Gasteiger partial charge in [0.2, 0.25) is 0 Å². The van der Waals surface area contributed by atoms with Gasteiger partial charge in [-0.25, -0.2) is 4.79 Å². The Labute approximate surface area is 84.5 Å². The van der Waals surface area contributed by atoms with E-state index in [9.17, 15) is 9.59 Å². The molecule has 0 aliphatic rings. The van der Waals surface area contributed by atoms with Gasteiger partial charge in [0.1, 0.15) is 17.3 Å². The lowest BCUT2D eigenvalue weighted by Crippen LogP contribution is -2.28. The van der Waals surface area contributed by atoms with Crippen LogP contribution in [0.5, 0.6) is 0 Å². The molecule has 0 bridgehead atoms. The van der Waals surface area contributed by atoms with Crippen LogP contribution in [0.25, 0.3) is 0 Å². The predicted molar refractivity (Wildman–Crippen MR) is 51.4 cm³/mol. The first kappa shape index (κ1) is 13.1. The summed E-state index contributed by atoms with van der Waals surface area (Å²) < 4.78 is 0. The maximum Gasteiger partial charge on any atom is 0.352 e. The molecule has 0 spiro atoms. The van der Waals surface area contributed by atoms with Crippen molar-refractivity contribution in [3.05, 3.63) is 0 Å². The van der Waals surface area contributed by atoms with Gasteiger partial charge in [-0.2, -0.15) is 4.89 Å². The molecule has 0 radical (unpaired) electrons. The lowest BCUT2D eigenvalue weighted by atomic mass is 10.0. The maximum absolute atomic E-state index is 11.3. The Bertz CT molecular complexity index is 215. The third-order valence-corrected chi connectivity index (χ3v) is 1.56. The summed E-state index contributed by atoms with van der Waals surface area (Å²) in [5.41, 5.74) is -0.551. The summed E-state index contributed by atoms with van der Waals surface area (Å²) in [7, 11) is 0. The molecule has 4 heteroatoms. The molecule has 0 saturated carbocycles. The molecule has 14 heavy (non-hydrogen) atoms. The van der Waals surface area contributed by atoms with E-state index in [0.717, 1.165) is 0 Å². The molecule has 0 heterocycles. The van der Waals surface area contributed by atoms with Gasteiger partial charge in [-0.15, -0.1) is 0 Å². The van der Waals surface area contributed by atoms with Crippen molar-refractivity contribution >= 4 is 11.8 Å². The summed E-state index contributed by atoms with van der Waals surface area (Å²) >= 11 is 0. The lowest BCUT2D eigenvalue weighted by molar-refractivity contribution is -0.322.